The second-order valence-corrected chi connectivity index (χ2v) is 10.7. The van der Waals surface area contributed by atoms with E-state index in [0.29, 0.717) is 27.8 Å². The average Bonchev–Trinajstić information content (AvgIpc) is 3.11. The topological polar surface area (TPSA) is 105 Å². The first kappa shape index (κ1) is 37.8. The molecule has 4 aromatic carbocycles. The molecule has 0 atom stereocenters. The predicted octanol–water partition coefficient (Wildman–Crippen LogP) is 8.41. The van der Waals surface area contributed by atoms with Gasteiger partial charge in [0.1, 0.15) is 28.6 Å². The lowest BCUT2D eigenvalue weighted by Gasteiger charge is -2.13. The molecule has 0 bridgehead atoms. The number of rotatable bonds is 10. The lowest BCUT2D eigenvalue weighted by molar-refractivity contribution is -0.142. The number of alkyl halides is 3. The van der Waals surface area contributed by atoms with Gasteiger partial charge in [0, 0.05) is 22.8 Å². The Labute approximate surface area is 294 Å². The minimum atomic E-state index is -5.06. The lowest BCUT2D eigenvalue weighted by Crippen LogP contribution is -2.23. The summed E-state index contributed by atoms with van der Waals surface area (Å²) in [5.41, 5.74) is 0.531. The van der Waals surface area contributed by atoms with Crippen LogP contribution in [0.15, 0.2) is 134 Å². The Morgan fingerprint density at radius 3 is 1.81 bits per heavy atom. The second kappa shape index (κ2) is 16.1. The summed E-state index contributed by atoms with van der Waals surface area (Å²) in [4.78, 5) is 48.0. The van der Waals surface area contributed by atoms with E-state index in [1.54, 1.807) is 30.3 Å². The van der Waals surface area contributed by atoms with Crippen LogP contribution < -0.4 is 18.9 Å². The van der Waals surface area contributed by atoms with E-state index >= 15 is 0 Å². The monoisotopic (exact) mass is 710 g/mol. The number of esters is 4. The summed E-state index contributed by atoms with van der Waals surface area (Å²) in [7, 11) is 0. The lowest BCUT2D eigenvalue weighted by atomic mass is 10.0. The molecule has 0 N–H and O–H groups in total. The number of hydrogen-bond acceptors (Lipinski definition) is 8. The van der Waals surface area contributed by atoms with Gasteiger partial charge >= 0.3 is 30.1 Å². The van der Waals surface area contributed by atoms with Crippen LogP contribution in [0, 0.1) is 11.8 Å². The van der Waals surface area contributed by atoms with Gasteiger partial charge in [-0.3, -0.25) is 0 Å². The van der Waals surface area contributed by atoms with Crippen molar-refractivity contribution in [1.82, 2.24) is 0 Å². The summed E-state index contributed by atoms with van der Waals surface area (Å²) in [6.07, 6.45) is -4.05. The minimum Gasteiger partial charge on any atom is -0.423 e. The summed E-state index contributed by atoms with van der Waals surface area (Å²) >= 11 is 0. The molecule has 0 saturated heterocycles. The number of benzene rings is 4. The molecule has 0 amide bonds. The number of hydrogen-bond donors (Lipinski definition) is 0. The molecular formula is C40H26F4O8. The van der Waals surface area contributed by atoms with E-state index < -0.39 is 41.5 Å². The van der Waals surface area contributed by atoms with Crippen molar-refractivity contribution < 1.29 is 55.7 Å². The van der Waals surface area contributed by atoms with Crippen LogP contribution in [-0.4, -0.2) is 30.1 Å². The highest BCUT2D eigenvalue weighted by molar-refractivity contribution is 5.92. The van der Waals surface area contributed by atoms with Gasteiger partial charge in [-0.15, -0.1) is 0 Å². The molecule has 8 nitrogen and oxygen atoms in total. The molecule has 4 aromatic rings. The van der Waals surface area contributed by atoms with Gasteiger partial charge in [0.2, 0.25) is 5.83 Å². The van der Waals surface area contributed by atoms with Gasteiger partial charge in [-0.2, -0.15) is 17.6 Å². The predicted molar refractivity (Wildman–Crippen MR) is 183 cm³/mol. The van der Waals surface area contributed by atoms with Gasteiger partial charge in [-0.1, -0.05) is 68.5 Å². The van der Waals surface area contributed by atoms with Crippen LogP contribution in [0.4, 0.5) is 17.6 Å². The maximum Gasteiger partial charge on any atom is 0.422 e. The van der Waals surface area contributed by atoms with Crippen molar-refractivity contribution in [2.45, 2.75) is 13.1 Å². The van der Waals surface area contributed by atoms with E-state index in [-0.39, 0.29) is 34.1 Å². The molecule has 0 radical (unpaired) electrons. The van der Waals surface area contributed by atoms with Gasteiger partial charge < -0.3 is 18.9 Å². The van der Waals surface area contributed by atoms with Crippen molar-refractivity contribution in [3.05, 3.63) is 145 Å². The molecule has 4 rings (SSSR count). The molecule has 12 heteroatoms. The molecule has 0 aliphatic carbocycles. The molecule has 0 aliphatic rings. The molecule has 52 heavy (non-hydrogen) atoms. The molecule has 0 spiro atoms. The maximum atomic E-state index is 13.3. The Morgan fingerprint density at radius 1 is 0.654 bits per heavy atom. The fraction of sp³-hybridized carbons (Fsp3) is 0.0500. The van der Waals surface area contributed by atoms with Crippen LogP contribution in [-0.2, 0) is 19.2 Å². The van der Waals surface area contributed by atoms with Crippen molar-refractivity contribution in [2.24, 2.45) is 0 Å². The minimum absolute atomic E-state index is 0.00600. The SMILES string of the molecule is C=CC(=O)Oc1ccc(-c2ccc(C#Cc3ccc(-c4ccc(OC(=O)C(=C)F)cc4)cc3OC(=O)C(=C)C(F)(F)F)cc2OC(=O)C(=C)C)cc1. The summed E-state index contributed by atoms with van der Waals surface area (Å²) in [5, 5.41) is 0. The number of carbonyl (C=O) groups excluding carboxylic acids is 4. The Bertz CT molecular complexity index is 2190. The smallest absolute Gasteiger partial charge is 0.422 e. The van der Waals surface area contributed by atoms with Crippen LogP contribution in [0.3, 0.4) is 0 Å². The van der Waals surface area contributed by atoms with Crippen LogP contribution in [0.5, 0.6) is 23.0 Å². The zero-order valence-electron chi connectivity index (χ0n) is 27.3. The van der Waals surface area contributed by atoms with Gasteiger partial charge in [0.15, 0.2) is 0 Å². The summed E-state index contributed by atoms with van der Waals surface area (Å²) in [6, 6.07) is 20.8. The number of ether oxygens (including phenoxy) is 4. The van der Waals surface area contributed by atoms with Gasteiger partial charge in [-0.25, -0.2) is 19.2 Å². The molecule has 0 unspecified atom stereocenters. The summed E-state index contributed by atoms with van der Waals surface area (Å²) in [5.74, 6) is -0.117. The zero-order chi connectivity index (χ0) is 38.2. The van der Waals surface area contributed by atoms with Crippen molar-refractivity contribution >= 4 is 23.9 Å². The van der Waals surface area contributed by atoms with E-state index in [4.69, 9.17) is 18.9 Å². The van der Waals surface area contributed by atoms with E-state index in [0.717, 1.165) is 6.08 Å². The number of halogens is 4. The average molecular weight is 711 g/mol. The molecule has 0 aliphatic heterocycles. The third kappa shape index (κ3) is 9.79. The Morgan fingerprint density at radius 2 is 1.23 bits per heavy atom. The zero-order valence-corrected chi connectivity index (χ0v) is 27.3. The third-order valence-electron chi connectivity index (χ3n) is 6.82. The normalized spacial score (nSPS) is 10.5. The quantitative estimate of drug-likeness (QED) is 0.0532. The van der Waals surface area contributed by atoms with Gasteiger partial charge in [-0.05, 0) is 78.2 Å². The van der Waals surface area contributed by atoms with Gasteiger partial charge in [0.25, 0.3) is 0 Å². The van der Waals surface area contributed by atoms with Crippen molar-refractivity contribution in [2.75, 3.05) is 0 Å². The van der Waals surface area contributed by atoms with Crippen LogP contribution in [0.25, 0.3) is 22.3 Å². The number of carbonyl (C=O) groups is 4. The van der Waals surface area contributed by atoms with E-state index in [1.807, 2.05) is 0 Å². The molecule has 0 heterocycles. The molecule has 0 saturated carbocycles. The van der Waals surface area contributed by atoms with Crippen LogP contribution in [0.1, 0.15) is 18.1 Å². The largest absolute Gasteiger partial charge is 0.423 e. The summed E-state index contributed by atoms with van der Waals surface area (Å²) < 4.78 is 73.4. The molecule has 0 aromatic heterocycles. The highest BCUT2D eigenvalue weighted by Crippen LogP contribution is 2.34. The highest BCUT2D eigenvalue weighted by atomic mass is 19.4. The molecular weight excluding hydrogens is 684 g/mol. The van der Waals surface area contributed by atoms with Crippen molar-refractivity contribution in [1.29, 1.82) is 0 Å². The van der Waals surface area contributed by atoms with E-state index in [9.17, 15) is 36.7 Å². The fourth-order valence-electron chi connectivity index (χ4n) is 4.15. The highest BCUT2D eigenvalue weighted by Gasteiger charge is 2.38. The molecule has 0 fully saturated rings. The van der Waals surface area contributed by atoms with Crippen LogP contribution in [0.2, 0.25) is 0 Å². The van der Waals surface area contributed by atoms with E-state index in [1.165, 1.54) is 61.5 Å². The summed E-state index contributed by atoms with van der Waals surface area (Å²) in [6.45, 7) is 14.1. The fourth-order valence-corrected chi connectivity index (χ4v) is 4.15. The Kier molecular flexibility index (Phi) is 11.7. The maximum absolute atomic E-state index is 13.3. The Balaban J connectivity index is 1.73. The first-order chi connectivity index (χ1) is 24.5. The first-order valence-electron chi connectivity index (χ1n) is 14.8. The Hall–Kier alpha value is -7.00. The van der Waals surface area contributed by atoms with E-state index in [2.05, 4.69) is 38.2 Å². The molecule has 262 valence electrons. The first-order valence-corrected chi connectivity index (χ1v) is 14.8. The van der Waals surface area contributed by atoms with Crippen molar-refractivity contribution in [3.8, 4) is 57.1 Å². The third-order valence-corrected chi connectivity index (χ3v) is 6.82. The standard InChI is InChI=1S/C40H26F4O8/c1-6-36(45)49-31-18-14-28(15-19-31)33-20-8-26(21-35(33)52-37(46)23(2)3)7-9-29-10-11-30(22-34(29)51-38(47)24(4)40(42,43)44)27-12-16-32(17-13-27)50-39(48)25(5)41/h6,8,10-22H,1-2,4-5H2,3H3. The second-order valence-electron chi connectivity index (χ2n) is 10.7. The van der Waals surface area contributed by atoms with Crippen LogP contribution >= 0.6 is 0 Å². The van der Waals surface area contributed by atoms with Gasteiger partial charge in [0.05, 0.1) is 5.56 Å². The van der Waals surface area contributed by atoms with Crippen molar-refractivity contribution in [3.63, 3.8) is 0 Å².